The van der Waals surface area contributed by atoms with Crippen molar-refractivity contribution in [3.05, 3.63) is 80.9 Å². The summed E-state index contributed by atoms with van der Waals surface area (Å²) >= 11 is 5.90. The number of benzene rings is 2. The molecule has 1 heterocycles. The van der Waals surface area contributed by atoms with Crippen LogP contribution in [-0.4, -0.2) is 28.6 Å². The molecule has 0 aliphatic carbocycles. The maximum atomic E-state index is 12.5. The molecule has 0 bridgehead atoms. The average Bonchev–Trinajstić information content (AvgIpc) is 3.16. The minimum Gasteiger partial charge on any atom is -0.462 e. The van der Waals surface area contributed by atoms with Crippen LogP contribution in [0.15, 0.2) is 59.1 Å². The number of carbonyl (C=O) groups is 2. The van der Waals surface area contributed by atoms with Gasteiger partial charge in [0.1, 0.15) is 5.69 Å². The molecule has 3 rings (SSSR count). The second-order valence-corrected chi connectivity index (χ2v) is 6.57. The lowest BCUT2D eigenvalue weighted by molar-refractivity contribution is -0.384. The quantitative estimate of drug-likeness (QED) is 0.243. The van der Waals surface area contributed by atoms with Crippen LogP contribution in [-0.2, 0) is 9.53 Å². The number of ether oxygens (including phenoxy) is 1. The van der Waals surface area contributed by atoms with Gasteiger partial charge in [0.15, 0.2) is 5.56 Å². The third kappa shape index (κ3) is 5.34. The van der Waals surface area contributed by atoms with Crippen LogP contribution < -0.4 is 5.32 Å². The maximum absolute atomic E-state index is 12.5. The first-order valence-electron chi connectivity index (χ1n) is 9.05. The highest BCUT2D eigenvalue weighted by molar-refractivity contribution is 6.30. The molecule has 2 aromatic carbocycles. The van der Waals surface area contributed by atoms with E-state index >= 15 is 0 Å². The summed E-state index contributed by atoms with van der Waals surface area (Å²) in [4.78, 5) is 35.1. The van der Waals surface area contributed by atoms with Crippen molar-refractivity contribution in [1.82, 2.24) is 5.16 Å². The van der Waals surface area contributed by atoms with Crippen molar-refractivity contribution >= 4 is 41.1 Å². The molecule has 0 radical (unpaired) electrons. The van der Waals surface area contributed by atoms with Crippen LogP contribution in [0.3, 0.4) is 0 Å². The van der Waals surface area contributed by atoms with Gasteiger partial charge in [0, 0.05) is 28.8 Å². The summed E-state index contributed by atoms with van der Waals surface area (Å²) in [5.74, 6) is -1.53. The fourth-order valence-electron chi connectivity index (χ4n) is 2.64. The van der Waals surface area contributed by atoms with E-state index in [1.807, 2.05) is 0 Å². The second-order valence-electron chi connectivity index (χ2n) is 6.14. The highest BCUT2D eigenvalue weighted by Crippen LogP contribution is 2.30. The summed E-state index contributed by atoms with van der Waals surface area (Å²) in [5.41, 5.74) is 1.04. The standard InChI is InChI=1S/C21H16ClN3O6/c1-2-30-21(27)18-19(14-7-9-15(22)10-8-14)24-31-20(18)23-17(26)11-6-13-4-3-5-16(12-13)25(28)29/h3-12H,2H2,1H3,(H,23,26)/b11-6+. The molecule has 9 nitrogen and oxygen atoms in total. The lowest BCUT2D eigenvalue weighted by Gasteiger charge is -2.04. The Balaban J connectivity index is 1.85. The maximum Gasteiger partial charge on any atom is 0.346 e. The molecule has 0 aliphatic rings. The summed E-state index contributed by atoms with van der Waals surface area (Å²) in [6, 6.07) is 12.3. The molecule has 10 heteroatoms. The Bertz CT molecular complexity index is 1150. The number of amides is 1. The summed E-state index contributed by atoms with van der Waals surface area (Å²) in [5, 5.41) is 17.7. The average molecular weight is 442 g/mol. The van der Waals surface area contributed by atoms with Crippen LogP contribution in [0, 0.1) is 10.1 Å². The molecule has 0 aliphatic heterocycles. The first-order valence-corrected chi connectivity index (χ1v) is 9.43. The van der Waals surface area contributed by atoms with E-state index in [1.54, 1.807) is 37.3 Å². The van der Waals surface area contributed by atoms with Crippen molar-refractivity contribution in [2.45, 2.75) is 6.92 Å². The number of halogens is 1. The summed E-state index contributed by atoms with van der Waals surface area (Å²) in [6.45, 7) is 1.76. The molecule has 158 valence electrons. The van der Waals surface area contributed by atoms with Crippen molar-refractivity contribution < 1.29 is 23.8 Å². The highest BCUT2D eigenvalue weighted by atomic mass is 35.5. The van der Waals surface area contributed by atoms with Gasteiger partial charge in [0.2, 0.25) is 5.88 Å². The van der Waals surface area contributed by atoms with Crippen LogP contribution in [0.1, 0.15) is 22.8 Å². The van der Waals surface area contributed by atoms with Gasteiger partial charge in [-0.3, -0.25) is 20.2 Å². The zero-order chi connectivity index (χ0) is 22.4. The van der Waals surface area contributed by atoms with Crippen molar-refractivity contribution in [3.8, 4) is 11.3 Å². The Morgan fingerprint density at radius 3 is 2.68 bits per heavy atom. The Labute approximate surface area is 181 Å². The van der Waals surface area contributed by atoms with Crippen LogP contribution in [0.4, 0.5) is 11.6 Å². The highest BCUT2D eigenvalue weighted by Gasteiger charge is 2.26. The number of hydrogen-bond donors (Lipinski definition) is 1. The van der Waals surface area contributed by atoms with Gasteiger partial charge in [-0.1, -0.05) is 41.0 Å². The summed E-state index contributed by atoms with van der Waals surface area (Å²) in [6.07, 6.45) is 2.54. The first-order chi connectivity index (χ1) is 14.9. The Kier molecular flexibility index (Phi) is 6.78. The normalized spacial score (nSPS) is 10.8. The number of rotatable bonds is 7. The zero-order valence-corrected chi connectivity index (χ0v) is 17.0. The van der Waals surface area contributed by atoms with Crippen molar-refractivity contribution in [2.75, 3.05) is 11.9 Å². The lowest BCUT2D eigenvalue weighted by atomic mass is 10.1. The fourth-order valence-corrected chi connectivity index (χ4v) is 2.77. The van der Waals surface area contributed by atoms with E-state index < -0.39 is 16.8 Å². The molecule has 0 atom stereocenters. The minimum atomic E-state index is -0.716. The number of esters is 1. The third-order valence-electron chi connectivity index (χ3n) is 4.03. The van der Waals surface area contributed by atoms with E-state index in [-0.39, 0.29) is 29.4 Å². The number of aromatic nitrogens is 1. The van der Waals surface area contributed by atoms with E-state index in [1.165, 1.54) is 24.3 Å². The van der Waals surface area contributed by atoms with Gasteiger partial charge in [-0.05, 0) is 30.7 Å². The number of hydrogen-bond acceptors (Lipinski definition) is 7. The Morgan fingerprint density at radius 1 is 1.26 bits per heavy atom. The van der Waals surface area contributed by atoms with Gasteiger partial charge < -0.3 is 9.26 Å². The van der Waals surface area contributed by atoms with Crippen LogP contribution >= 0.6 is 11.6 Å². The number of nitrogens with one attached hydrogen (secondary N) is 1. The smallest absolute Gasteiger partial charge is 0.346 e. The fraction of sp³-hybridized carbons (Fsp3) is 0.0952. The third-order valence-corrected chi connectivity index (χ3v) is 4.29. The number of non-ortho nitro benzene ring substituents is 1. The number of carbonyl (C=O) groups excluding carboxylic acids is 2. The number of nitrogens with zero attached hydrogens (tertiary/aromatic N) is 2. The van der Waals surface area contributed by atoms with E-state index in [0.717, 1.165) is 6.08 Å². The van der Waals surface area contributed by atoms with E-state index in [2.05, 4.69) is 10.5 Å². The molecule has 0 unspecified atom stereocenters. The van der Waals surface area contributed by atoms with Gasteiger partial charge >= 0.3 is 5.97 Å². The Hall–Kier alpha value is -3.98. The topological polar surface area (TPSA) is 125 Å². The molecule has 1 N–H and O–H groups in total. The van der Waals surface area contributed by atoms with E-state index in [0.29, 0.717) is 16.1 Å². The SMILES string of the molecule is CCOC(=O)c1c(-c2ccc(Cl)cc2)noc1NC(=O)/C=C/c1cccc([N+](=O)[O-])c1. The van der Waals surface area contributed by atoms with Crippen LogP contribution in [0.5, 0.6) is 0 Å². The monoisotopic (exact) mass is 441 g/mol. The van der Waals surface area contributed by atoms with Gasteiger partial charge in [-0.25, -0.2) is 4.79 Å². The number of nitro benzene ring substituents is 1. The van der Waals surface area contributed by atoms with E-state index in [9.17, 15) is 19.7 Å². The predicted molar refractivity (Wildman–Crippen MR) is 114 cm³/mol. The zero-order valence-electron chi connectivity index (χ0n) is 16.2. The van der Waals surface area contributed by atoms with E-state index in [4.69, 9.17) is 20.9 Å². The summed E-state index contributed by atoms with van der Waals surface area (Å²) in [7, 11) is 0. The largest absolute Gasteiger partial charge is 0.462 e. The number of anilines is 1. The first kappa shape index (κ1) is 21.7. The molecular weight excluding hydrogens is 426 g/mol. The molecule has 0 saturated heterocycles. The van der Waals surface area contributed by atoms with Crippen molar-refractivity contribution in [1.29, 1.82) is 0 Å². The van der Waals surface area contributed by atoms with Gasteiger partial charge in [0.05, 0.1) is 11.5 Å². The molecule has 0 spiro atoms. The molecule has 3 aromatic rings. The summed E-state index contributed by atoms with van der Waals surface area (Å²) < 4.78 is 10.2. The van der Waals surface area contributed by atoms with Crippen molar-refractivity contribution in [2.24, 2.45) is 0 Å². The van der Waals surface area contributed by atoms with Gasteiger partial charge in [-0.2, -0.15) is 0 Å². The molecule has 0 saturated carbocycles. The van der Waals surface area contributed by atoms with Crippen LogP contribution in [0.25, 0.3) is 17.3 Å². The van der Waals surface area contributed by atoms with Crippen LogP contribution in [0.2, 0.25) is 5.02 Å². The molecule has 31 heavy (non-hydrogen) atoms. The molecular formula is C21H16ClN3O6. The lowest BCUT2D eigenvalue weighted by Crippen LogP contribution is -2.13. The minimum absolute atomic E-state index is 0.0405. The second kappa shape index (κ2) is 9.68. The predicted octanol–water partition coefficient (Wildman–Crippen LogP) is 4.73. The molecule has 0 fully saturated rings. The van der Waals surface area contributed by atoms with Gasteiger partial charge in [0.25, 0.3) is 11.6 Å². The van der Waals surface area contributed by atoms with Gasteiger partial charge in [-0.15, -0.1) is 0 Å². The number of nitro groups is 1. The Morgan fingerprint density at radius 2 is 2.00 bits per heavy atom. The molecule has 1 amide bonds. The van der Waals surface area contributed by atoms with Crippen molar-refractivity contribution in [3.63, 3.8) is 0 Å². The molecule has 1 aromatic heterocycles.